The van der Waals surface area contributed by atoms with Gasteiger partial charge in [0.05, 0.1) is 22.9 Å². The van der Waals surface area contributed by atoms with Gasteiger partial charge in [0, 0.05) is 41.8 Å². The molecule has 1 fully saturated rings. The Kier molecular flexibility index (Phi) is 6.55. The van der Waals surface area contributed by atoms with Crippen molar-refractivity contribution in [3.8, 4) is 11.3 Å². The Hall–Kier alpha value is -3.45. The van der Waals surface area contributed by atoms with E-state index in [9.17, 15) is 0 Å². The third-order valence-corrected chi connectivity index (χ3v) is 8.03. The van der Waals surface area contributed by atoms with E-state index in [0.717, 1.165) is 78.6 Å². The molecule has 5 heterocycles. The molecule has 6 rings (SSSR count). The van der Waals surface area contributed by atoms with Gasteiger partial charge in [0.2, 0.25) is 5.95 Å². The van der Waals surface area contributed by atoms with Crippen molar-refractivity contribution in [1.82, 2.24) is 29.6 Å². The fourth-order valence-corrected chi connectivity index (χ4v) is 5.95. The molecule has 0 aliphatic carbocycles. The average molecular weight is 496 g/mol. The van der Waals surface area contributed by atoms with Gasteiger partial charge >= 0.3 is 0 Å². The Balaban J connectivity index is 1.40. The molecule has 192 valence electrons. The Labute approximate surface area is 219 Å². The minimum Gasteiger partial charge on any atom is -0.326 e. The fraction of sp³-hybridized carbons (Fsp3) is 0.433. The molecule has 2 N–H and O–H groups in total. The number of benzene rings is 1. The van der Waals surface area contributed by atoms with Gasteiger partial charge in [-0.15, -0.1) is 0 Å². The molecule has 2 aliphatic heterocycles. The minimum absolute atomic E-state index is 0.622. The van der Waals surface area contributed by atoms with E-state index in [1.165, 1.54) is 42.5 Å². The Morgan fingerprint density at radius 2 is 1.84 bits per heavy atom. The lowest BCUT2D eigenvalue weighted by Crippen LogP contribution is -2.26. The molecule has 3 aromatic heterocycles. The molecule has 0 radical (unpaired) electrons. The maximum Gasteiger partial charge on any atom is 0.208 e. The van der Waals surface area contributed by atoms with Crippen LogP contribution < -0.4 is 10.6 Å². The number of piperidine rings is 1. The summed E-state index contributed by atoms with van der Waals surface area (Å²) < 4.78 is 4.38. The van der Waals surface area contributed by atoms with Crippen LogP contribution in [-0.2, 0) is 20.0 Å². The van der Waals surface area contributed by atoms with Crippen LogP contribution in [0.2, 0.25) is 0 Å². The second-order valence-electron chi connectivity index (χ2n) is 10.6. The summed E-state index contributed by atoms with van der Waals surface area (Å²) in [5.74, 6) is 1.49. The summed E-state index contributed by atoms with van der Waals surface area (Å²) in [7, 11) is 2.03. The predicted octanol–water partition coefficient (Wildman–Crippen LogP) is 5.81. The van der Waals surface area contributed by atoms with Gasteiger partial charge in [-0.3, -0.25) is 9.67 Å². The van der Waals surface area contributed by atoms with Crippen LogP contribution in [0.1, 0.15) is 67.0 Å². The maximum absolute atomic E-state index is 5.03. The molecule has 2 bridgehead atoms. The first-order valence-corrected chi connectivity index (χ1v) is 13.7. The number of hydrogen-bond donors (Lipinski definition) is 2. The number of nitrogens with zero attached hydrogens (tertiary/aromatic N) is 5. The molecule has 37 heavy (non-hydrogen) atoms. The summed E-state index contributed by atoms with van der Waals surface area (Å²) in [5.41, 5.74) is 9.86. The summed E-state index contributed by atoms with van der Waals surface area (Å²) in [5, 5.41) is 11.6. The van der Waals surface area contributed by atoms with Gasteiger partial charge in [-0.2, -0.15) is 5.10 Å². The van der Waals surface area contributed by atoms with Gasteiger partial charge in [0.1, 0.15) is 0 Å². The molecular formula is C30H37N7. The van der Waals surface area contributed by atoms with Crippen LogP contribution in [0.4, 0.5) is 5.95 Å². The van der Waals surface area contributed by atoms with Crippen molar-refractivity contribution in [1.29, 1.82) is 0 Å². The van der Waals surface area contributed by atoms with Crippen molar-refractivity contribution in [2.75, 3.05) is 18.4 Å². The number of nitrogens with one attached hydrogen (secondary N) is 2. The van der Waals surface area contributed by atoms with Crippen LogP contribution in [-0.4, -0.2) is 37.4 Å². The topological polar surface area (TPSA) is 72.6 Å². The van der Waals surface area contributed by atoms with E-state index in [0.29, 0.717) is 5.92 Å². The largest absolute Gasteiger partial charge is 0.326 e. The molecule has 0 saturated carbocycles. The van der Waals surface area contributed by atoms with Crippen molar-refractivity contribution >= 4 is 22.7 Å². The molecule has 0 atom stereocenters. The van der Waals surface area contributed by atoms with E-state index in [2.05, 4.69) is 57.2 Å². The lowest BCUT2D eigenvalue weighted by molar-refractivity contribution is 0.460. The standard InChI is InChI=1S/C30H37N7/c1-20-16-24-17-27(33-20)25-19-32-36(3)28(25)8-6-4-5-7-15-37-29-18-23(22-11-13-31-14-12-22)9-10-26(29)35-30(37)34-21(24)2/h9-10,16-19,22,31H,2,4-8,11-15H2,1,3H3,(H,34,35). The zero-order valence-electron chi connectivity index (χ0n) is 22.1. The number of aromatic nitrogens is 5. The van der Waals surface area contributed by atoms with E-state index in [-0.39, 0.29) is 0 Å². The van der Waals surface area contributed by atoms with Crippen molar-refractivity contribution < 1.29 is 0 Å². The Morgan fingerprint density at radius 3 is 2.70 bits per heavy atom. The third-order valence-electron chi connectivity index (χ3n) is 8.03. The van der Waals surface area contributed by atoms with Gasteiger partial charge in [-0.25, -0.2) is 4.98 Å². The summed E-state index contributed by atoms with van der Waals surface area (Å²) in [6.07, 6.45) is 10.0. The highest BCUT2D eigenvalue weighted by atomic mass is 15.3. The van der Waals surface area contributed by atoms with Crippen molar-refractivity contribution in [2.24, 2.45) is 7.05 Å². The monoisotopic (exact) mass is 495 g/mol. The smallest absolute Gasteiger partial charge is 0.208 e. The zero-order valence-corrected chi connectivity index (χ0v) is 22.1. The first kappa shape index (κ1) is 23.9. The summed E-state index contributed by atoms with van der Waals surface area (Å²) in [4.78, 5) is 9.90. The number of pyridine rings is 1. The first-order valence-electron chi connectivity index (χ1n) is 13.7. The van der Waals surface area contributed by atoms with E-state index in [1.807, 2.05) is 24.9 Å². The lowest BCUT2D eigenvalue weighted by atomic mass is 9.90. The number of fused-ring (bicyclic) bond motifs is 7. The molecule has 2 aliphatic rings. The Morgan fingerprint density at radius 1 is 1.00 bits per heavy atom. The number of hydrogen-bond acceptors (Lipinski definition) is 5. The molecule has 4 aromatic rings. The summed E-state index contributed by atoms with van der Waals surface area (Å²) >= 11 is 0. The minimum atomic E-state index is 0.622. The van der Waals surface area contributed by atoms with Gasteiger partial charge in [0.15, 0.2) is 0 Å². The van der Waals surface area contributed by atoms with Crippen LogP contribution in [0, 0.1) is 6.92 Å². The van der Waals surface area contributed by atoms with Crippen LogP contribution >= 0.6 is 0 Å². The van der Waals surface area contributed by atoms with Crippen LogP contribution in [0.15, 0.2) is 43.1 Å². The molecule has 1 aromatic carbocycles. The van der Waals surface area contributed by atoms with Crippen molar-refractivity contribution in [2.45, 2.75) is 64.3 Å². The normalized spacial score (nSPS) is 17.5. The SMILES string of the molecule is C=C1Nc2nc3ccc(C4CCNCC4)cc3n2CCCCCCc2c(cnn2C)-c2cc1cc(C)n2. The fourth-order valence-electron chi connectivity index (χ4n) is 5.95. The van der Waals surface area contributed by atoms with Gasteiger partial charge in [-0.05, 0) is 87.9 Å². The predicted molar refractivity (Wildman–Crippen MR) is 151 cm³/mol. The van der Waals surface area contributed by atoms with Crippen LogP contribution in [0.5, 0.6) is 0 Å². The lowest BCUT2D eigenvalue weighted by Gasteiger charge is -2.23. The zero-order chi connectivity index (χ0) is 25.4. The van der Waals surface area contributed by atoms with Crippen molar-refractivity contribution in [3.05, 3.63) is 65.6 Å². The quantitative estimate of drug-likeness (QED) is 0.349. The van der Waals surface area contributed by atoms with Gasteiger partial charge in [0.25, 0.3) is 0 Å². The van der Waals surface area contributed by atoms with E-state index >= 15 is 0 Å². The number of rotatable bonds is 1. The highest BCUT2D eigenvalue weighted by molar-refractivity contribution is 5.83. The molecule has 0 spiro atoms. The molecule has 7 nitrogen and oxygen atoms in total. The molecule has 1 saturated heterocycles. The van der Waals surface area contributed by atoms with Crippen LogP contribution in [0.25, 0.3) is 28.0 Å². The summed E-state index contributed by atoms with van der Waals surface area (Å²) in [6.45, 7) is 9.60. The second-order valence-corrected chi connectivity index (χ2v) is 10.6. The highest BCUT2D eigenvalue weighted by Gasteiger charge is 2.19. The highest BCUT2D eigenvalue weighted by Crippen LogP contribution is 2.32. The molecule has 0 unspecified atom stereocenters. The molecule has 7 heteroatoms. The molecule has 0 amide bonds. The second kappa shape index (κ2) is 10.1. The van der Waals surface area contributed by atoms with Crippen LogP contribution in [0.3, 0.4) is 0 Å². The molecular weight excluding hydrogens is 458 g/mol. The maximum atomic E-state index is 5.03. The van der Waals surface area contributed by atoms with Crippen molar-refractivity contribution in [3.63, 3.8) is 0 Å². The summed E-state index contributed by atoms with van der Waals surface area (Å²) in [6, 6.07) is 11.1. The number of anilines is 1. The Bertz CT molecular complexity index is 1440. The van der Waals surface area contributed by atoms with Gasteiger partial charge < -0.3 is 15.2 Å². The first-order chi connectivity index (χ1) is 18.1. The van der Waals surface area contributed by atoms with E-state index in [1.54, 1.807) is 0 Å². The number of aryl methyl sites for hydroxylation is 3. The van der Waals surface area contributed by atoms with E-state index in [4.69, 9.17) is 9.97 Å². The van der Waals surface area contributed by atoms with E-state index < -0.39 is 0 Å². The third kappa shape index (κ3) is 4.80. The number of imidazole rings is 1. The van der Waals surface area contributed by atoms with Gasteiger partial charge in [-0.1, -0.05) is 25.5 Å². The average Bonchev–Trinajstić information content (AvgIpc) is 3.44.